The Labute approximate surface area is 179 Å². The minimum Gasteiger partial charge on any atom is -0.384 e. The van der Waals surface area contributed by atoms with Crippen LogP contribution in [-0.2, 0) is 21.2 Å². The standard InChI is InChI=1S/C22H21FN4O3S/c23-18-13-15(17-6-1-2-7-20(17)31(26,29)30)9-10-19(18)27-21(28)11-8-14-4-3-5-16(12-14)22(24)25/h1-7,9-10,12-13H,8,11H2,(H3,24,25)(H,27,28)(H2,26,29,30). The summed E-state index contributed by atoms with van der Waals surface area (Å²) in [4.78, 5) is 12.1. The molecule has 0 atom stereocenters. The molecule has 160 valence electrons. The summed E-state index contributed by atoms with van der Waals surface area (Å²) in [5, 5.41) is 15.2. The number of nitrogens with two attached hydrogens (primary N) is 2. The second-order valence-corrected chi connectivity index (χ2v) is 8.43. The Morgan fingerprint density at radius 3 is 2.45 bits per heavy atom. The van der Waals surface area contributed by atoms with Gasteiger partial charge in [-0.1, -0.05) is 42.5 Å². The van der Waals surface area contributed by atoms with E-state index in [0.717, 1.165) is 11.6 Å². The van der Waals surface area contributed by atoms with Crippen LogP contribution in [0, 0.1) is 11.2 Å². The van der Waals surface area contributed by atoms with Crippen LogP contribution in [0.25, 0.3) is 11.1 Å². The van der Waals surface area contributed by atoms with E-state index in [1.807, 2.05) is 6.07 Å². The molecule has 31 heavy (non-hydrogen) atoms. The predicted molar refractivity (Wildman–Crippen MR) is 118 cm³/mol. The number of halogens is 1. The Hall–Kier alpha value is -3.56. The number of aryl methyl sites for hydroxylation is 1. The smallest absolute Gasteiger partial charge is 0.238 e. The van der Waals surface area contributed by atoms with E-state index < -0.39 is 15.8 Å². The molecular weight excluding hydrogens is 419 g/mol. The summed E-state index contributed by atoms with van der Waals surface area (Å²) < 4.78 is 38.2. The molecule has 0 bridgehead atoms. The maximum atomic E-state index is 14.6. The molecule has 0 aromatic heterocycles. The zero-order chi connectivity index (χ0) is 22.6. The number of nitrogens with one attached hydrogen (secondary N) is 2. The lowest BCUT2D eigenvalue weighted by Crippen LogP contribution is -2.14. The van der Waals surface area contributed by atoms with Gasteiger partial charge in [0.15, 0.2) is 0 Å². The van der Waals surface area contributed by atoms with Crippen LogP contribution in [-0.4, -0.2) is 20.2 Å². The first-order chi connectivity index (χ1) is 14.6. The van der Waals surface area contributed by atoms with Crippen molar-refractivity contribution in [1.82, 2.24) is 0 Å². The summed E-state index contributed by atoms with van der Waals surface area (Å²) in [5.41, 5.74) is 7.44. The van der Waals surface area contributed by atoms with Gasteiger partial charge in [0.05, 0.1) is 10.6 Å². The van der Waals surface area contributed by atoms with Gasteiger partial charge in [0.1, 0.15) is 11.7 Å². The van der Waals surface area contributed by atoms with Gasteiger partial charge in [0, 0.05) is 17.5 Å². The molecule has 7 nitrogen and oxygen atoms in total. The molecule has 0 aliphatic rings. The number of hydrogen-bond acceptors (Lipinski definition) is 4. The van der Waals surface area contributed by atoms with Crippen molar-refractivity contribution in [3.63, 3.8) is 0 Å². The Bertz CT molecular complexity index is 1260. The van der Waals surface area contributed by atoms with Crippen molar-refractivity contribution in [3.8, 4) is 11.1 Å². The quantitative estimate of drug-likeness (QED) is 0.331. The number of carbonyl (C=O) groups is 1. The molecule has 6 N–H and O–H groups in total. The number of primary sulfonamides is 1. The molecule has 0 aliphatic carbocycles. The third kappa shape index (κ3) is 5.53. The third-order valence-corrected chi connectivity index (χ3v) is 5.60. The van der Waals surface area contributed by atoms with Crippen LogP contribution in [0.3, 0.4) is 0 Å². The highest BCUT2D eigenvalue weighted by Crippen LogP contribution is 2.29. The van der Waals surface area contributed by atoms with Gasteiger partial charge in [0.2, 0.25) is 15.9 Å². The first-order valence-corrected chi connectivity index (χ1v) is 10.8. The van der Waals surface area contributed by atoms with E-state index in [1.165, 1.54) is 30.3 Å². The number of amidine groups is 1. The summed E-state index contributed by atoms with van der Waals surface area (Å²) in [6.07, 6.45) is 0.505. The highest BCUT2D eigenvalue weighted by molar-refractivity contribution is 7.89. The fourth-order valence-corrected chi connectivity index (χ4v) is 3.86. The van der Waals surface area contributed by atoms with Gasteiger partial charge in [-0.25, -0.2) is 17.9 Å². The van der Waals surface area contributed by atoms with E-state index in [-0.39, 0.29) is 34.3 Å². The van der Waals surface area contributed by atoms with Gasteiger partial charge in [-0.2, -0.15) is 0 Å². The molecule has 3 aromatic carbocycles. The molecule has 3 rings (SSSR count). The van der Waals surface area contributed by atoms with E-state index in [0.29, 0.717) is 17.5 Å². The summed E-state index contributed by atoms with van der Waals surface area (Å²) in [6.45, 7) is 0. The summed E-state index contributed by atoms with van der Waals surface area (Å²) in [7, 11) is -3.98. The van der Waals surface area contributed by atoms with Crippen molar-refractivity contribution in [2.24, 2.45) is 10.9 Å². The molecule has 1 amide bonds. The highest BCUT2D eigenvalue weighted by Gasteiger charge is 2.16. The number of hydrogen-bond donors (Lipinski definition) is 4. The van der Waals surface area contributed by atoms with Crippen LogP contribution in [0.4, 0.5) is 10.1 Å². The van der Waals surface area contributed by atoms with Crippen molar-refractivity contribution in [2.45, 2.75) is 17.7 Å². The second-order valence-electron chi connectivity index (χ2n) is 6.90. The average Bonchev–Trinajstić information content (AvgIpc) is 2.73. The van der Waals surface area contributed by atoms with Crippen molar-refractivity contribution < 1.29 is 17.6 Å². The van der Waals surface area contributed by atoms with E-state index in [4.69, 9.17) is 16.3 Å². The van der Waals surface area contributed by atoms with E-state index in [2.05, 4.69) is 5.32 Å². The Morgan fingerprint density at radius 2 is 1.77 bits per heavy atom. The lowest BCUT2D eigenvalue weighted by atomic mass is 10.0. The molecule has 0 saturated carbocycles. The van der Waals surface area contributed by atoms with Gasteiger partial charge in [-0.3, -0.25) is 10.2 Å². The van der Waals surface area contributed by atoms with Crippen LogP contribution in [0.2, 0.25) is 0 Å². The maximum absolute atomic E-state index is 14.6. The van der Waals surface area contributed by atoms with E-state index >= 15 is 0 Å². The Morgan fingerprint density at radius 1 is 1.03 bits per heavy atom. The molecule has 0 fully saturated rings. The Kier molecular flexibility index (Phi) is 6.47. The number of benzene rings is 3. The first kappa shape index (κ1) is 22.1. The predicted octanol–water partition coefficient (Wildman–Crippen LogP) is 3.00. The number of sulfonamides is 1. The lowest BCUT2D eigenvalue weighted by Gasteiger charge is -2.11. The molecule has 0 spiro atoms. The van der Waals surface area contributed by atoms with Gasteiger partial charge < -0.3 is 11.1 Å². The molecule has 0 radical (unpaired) electrons. The molecule has 3 aromatic rings. The summed E-state index contributed by atoms with van der Waals surface area (Å²) in [5.74, 6) is -1.14. The monoisotopic (exact) mass is 440 g/mol. The maximum Gasteiger partial charge on any atom is 0.238 e. The van der Waals surface area contributed by atoms with Gasteiger partial charge in [-0.05, 0) is 41.8 Å². The fraction of sp³-hybridized carbons (Fsp3) is 0.0909. The second kappa shape index (κ2) is 9.07. The molecular formula is C22H21FN4O3S. The zero-order valence-corrected chi connectivity index (χ0v) is 17.2. The van der Waals surface area contributed by atoms with Crippen LogP contribution in [0.15, 0.2) is 71.6 Å². The SMILES string of the molecule is N=C(N)c1cccc(CCC(=O)Nc2ccc(-c3ccccc3S(N)(=O)=O)cc2F)c1. The summed E-state index contributed by atoms with van der Waals surface area (Å²) >= 11 is 0. The van der Waals surface area contributed by atoms with Crippen LogP contribution in [0.5, 0.6) is 0 Å². The fourth-order valence-electron chi connectivity index (χ4n) is 3.10. The number of carbonyl (C=O) groups excluding carboxylic acids is 1. The van der Waals surface area contributed by atoms with Crippen LogP contribution < -0.4 is 16.2 Å². The molecule has 9 heteroatoms. The van der Waals surface area contributed by atoms with E-state index in [1.54, 1.807) is 24.3 Å². The molecule has 0 unspecified atom stereocenters. The first-order valence-electron chi connectivity index (χ1n) is 9.30. The number of anilines is 1. The topological polar surface area (TPSA) is 139 Å². The number of rotatable bonds is 7. The number of amides is 1. The lowest BCUT2D eigenvalue weighted by molar-refractivity contribution is -0.116. The van der Waals surface area contributed by atoms with Gasteiger partial charge in [0.25, 0.3) is 0 Å². The average molecular weight is 441 g/mol. The minimum atomic E-state index is -3.98. The zero-order valence-electron chi connectivity index (χ0n) is 16.4. The van der Waals surface area contributed by atoms with Crippen molar-refractivity contribution in [1.29, 1.82) is 5.41 Å². The van der Waals surface area contributed by atoms with Crippen LogP contribution >= 0.6 is 0 Å². The van der Waals surface area contributed by atoms with Gasteiger partial charge >= 0.3 is 0 Å². The third-order valence-electron chi connectivity index (χ3n) is 4.63. The number of nitrogen functional groups attached to an aromatic ring is 1. The Balaban J connectivity index is 1.72. The van der Waals surface area contributed by atoms with Gasteiger partial charge in [-0.15, -0.1) is 0 Å². The van der Waals surface area contributed by atoms with Crippen LogP contribution in [0.1, 0.15) is 17.5 Å². The normalized spacial score (nSPS) is 11.2. The van der Waals surface area contributed by atoms with E-state index in [9.17, 15) is 17.6 Å². The molecule has 0 saturated heterocycles. The van der Waals surface area contributed by atoms with Crippen molar-refractivity contribution in [2.75, 3.05) is 5.32 Å². The molecule has 0 aliphatic heterocycles. The highest BCUT2D eigenvalue weighted by atomic mass is 32.2. The summed E-state index contributed by atoms with van der Waals surface area (Å²) in [6, 6.07) is 17.1. The van der Waals surface area contributed by atoms with Crippen molar-refractivity contribution >= 4 is 27.5 Å². The minimum absolute atomic E-state index is 0.0145. The largest absolute Gasteiger partial charge is 0.384 e. The van der Waals surface area contributed by atoms with Crippen molar-refractivity contribution in [3.05, 3.63) is 83.7 Å². The molecule has 0 heterocycles.